The van der Waals surface area contributed by atoms with E-state index in [2.05, 4.69) is 10.2 Å². The van der Waals surface area contributed by atoms with Crippen LogP contribution in [0.25, 0.3) is 0 Å². The first-order valence-corrected chi connectivity index (χ1v) is 5.21. The number of rotatable bonds is 2. The average molecular weight is 217 g/mol. The molecule has 1 aliphatic heterocycles. The Labute approximate surface area is 87.6 Å². The SMILES string of the molecule is CC(Cl)c1nnc(C2CCOC2C)o1. The topological polar surface area (TPSA) is 48.2 Å². The van der Waals surface area contributed by atoms with Gasteiger partial charge in [-0.2, -0.15) is 0 Å². The molecule has 0 aliphatic carbocycles. The van der Waals surface area contributed by atoms with E-state index in [4.69, 9.17) is 20.8 Å². The molecule has 5 heteroatoms. The third kappa shape index (κ3) is 1.77. The lowest BCUT2D eigenvalue weighted by atomic mass is 10.0. The summed E-state index contributed by atoms with van der Waals surface area (Å²) in [5, 5.41) is 7.65. The second-order valence-corrected chi connectivity index (χ2v) is 4.22. The number of hydrogen-bond donors (Lipinski definition) is 0. The zero-order valence-corrected chi connectivity index (χ0v) is 8.99. The second-order valence-electron chi connectivity index (χ2n) is 3.57. The van der Waals surface area contributed by atoms with Gasteiger partial charge in [0, 0.05) is 6.61 Å². The van der Waals surface area contributed by atoms with Crippen LogP contribution in [0.2, 0.25) is 0 Å². The van der Waals surface area contributed by atoms with Crippen molar-refractivity contribution in [2.24, 2.45) is 0 Å². The molecule has 3 unspecified atom stereocenters. The van der Waals surface area contributed by atoms with E-state index in [1.807, 2.05) is 13.8 Å². The molecule has 14 heavy (non-hydrogen) atoms. The lowest BCUT2D eigenvalue weighted by Crippen LogP contribution is -2.09. The molecule has 1 aliphatic rings. The summed E-state index contributed by atoms with van der Waals surface area (Å²) in [7, 11) is 0. The fourth-order valence-corrected chi connectivity index (χ4v) is 1.70. The average Bonchev–Trinajstić information content (AvgIpc) is 2.71. The van der Waals surface area contributed by atoms with Gasteiger partial charge in [0.1, 0.15) is 5.38 Å². The highest BCUT2D eigenvalue weighted by atomic mass is 35.5. The molecule has 0 saturated carbocycles. The van der Waals surface area contributed by atoms with E-state index < -0.39 is 0 Å². The summed E-state index contributed by atoms with van der Waals surface area (Å²) >= 11 is 5.83. The van der Waals surface area contributed by atoms with Crippen LogP contribution in [0, 0.1) is 0 Å². The Morgan fingerprint density at radius 3 is 2.79 bits per heavy atom. The molecule has 1 aromatic rings. The van der Waals surface area contributed by atoms with Gasteiger partial charge in [0.2, 0.25) is 11.8 Å². The number of halogens is 1. The van der Waals surface area contributed by atoms with Crippen LogP contribution in [0.4, 0.5) is 0 Å². The summed E-state index contributed by atoms with van der Waals surface area (Å²) in [4.78, 5) is 0. The minimum absolute atomic E-state index is 0.161. The predicted octanol–water partition coefficient (Wildman–Crippen LogP) is 2.26. The van der Waals surface area contributed by atoms with Crippen molar-refractivity contribution in [2.75, 3.05) is 6.61 Å². The first kappa shape index (κ1) is 9.93. The molecule has 0 N–H and O–H groups in total. The number of nitrogens with zero attached hydrogens (tertiary/aromatic N) is 2. The van der Waals surface area contributed by atoms with Gasteiger partial charge in [-0.25, -0.2) is 0 Å². The van der Waals surface area contributed by atoms with Crippen molar-refractivity contribution in [3.63, 3.8) is 0 Å². The fraction of sp³-hybridized carbons (Fsp3) is 0.778. The van der Waals surface area contributed by atoms with Gasteiger partial charge in [0.05, 0.1) is 12.0 Å². The van der Waals surface area contributed by atoms with E-state index in [0.29, 0.717) is 11.8 Å². The van der Waals surface area contributed by atoms with Gasteiger partial charge >= 0.3 is 0 Å². The zero-order valence-electron chi connectivity index (χ0n) is 8.24. The minimum Gasteiger partial charge on any atom is -0.423 e. The maximum Gasteiger partial charge on any atom is 0.234 e. The second kappa shape index (κ2) is 3.87. The predicted molar refractivity (Wildman–Crippen MR) is 51.3 cm³/mol. The Balaban J connectivity index is 2.16. The van der Waals surface area contributed by atoms with Crippen LogP contribution >= 0.6 is 11.6 Å². The van der Waals surface area contributed by atoms with Crippen LogP contribution < -0.4 is 0 Å². The molecule has 0 spiro atoms. The van der Waals surface area contributed by atoms with Gasteiger partial charge in [-0.1, -0.05) is 0 Å². The summed E-state index contributed by atoms with van der Waals surface area (Å²) in [6.07, 6.45) is 1.10. The molecule has 4 nitrogen and oxygen atoms in total. The van der Waals surface area contributed by atoms with Crippen molar-refractivity contribution < 1.29 is 9.15 Å². The normalized spacial score (nSPS) is 29.4. The Morgan fingerprint density at radius 2 is 2.29 bits per heavy atom. The first-order chi connectivity index (χ1) is 6.68. The van der Waals surface area contributed by atoms with Crippen LogP contribution in [0.1, 0.15) is 43.3 Å². The van der Waals surface area contributed by atoms with Gasteiger partial charge < -0.3 is 9.15 Å². The largest absolute Gasteiger partial charge is 0.423 e. The van der Waals surface area contributed by atoms with Gasteiger partial charge in [-0.15, -0.1) is 21.8 Å². The van der Waals surface area contributed by atoms with Crippen molar-refractivity contribution >= 4 is 11.6 Å². The third-order valence-corrected chi connectivity index (χ3v) is 2.68. The van der Waals surface area contributed by atoms with Crippen molar-refractivity contribution in [1.82, 2.24) is 10.2 Å². The van der Waals surface area contributed by atoms with Crippen LogP contribution in [0.3, 0.4) is 0 Å². The molecule has 0 bridgehead atoms. The van der Waals surface area contributed by atoms with Gasteiger partial charge in [0.15, 0.2) is 0 Å². The first-order valence-electron chi connectivity index (χ1n) is 4.77. The summed E-state index contributed by atoms with van der Waals surface area (Å²) in [5.41, 5.74) is 0. The molecule has 2 heterocycles. The van der Waals surface area contributed by atoms with Crippen LogP contribution in [0.15, 0.2) is 4.42 Å². The number of hydrogen-bond acceptors (Lipinski definition) is 4. The Morgan fingerprint density at radius 1 is 1.50 bits per heavy atom. The molecule has 78 valence electrons. The maximum absolute atomic E-state index is 5.83. The van der Waals surface area contributed by atoms with Gasteiger partial charge in [-0.3, -0.25) is 0 Å². The van der Waals surface area contributed by atoms with Gasteiger partial charge in [0.25, 0.3) is 0 Å². The lowest BCUT2D eigenvalue weighted by molar-refractivity contribution is 0.114. The monoisotopic (exact) mass is 216 g/mol. The van der Waals surface area contributed by atoms with Crippen LogP contribution in [-0.4, -0.2) is 22.9 Å². The Bertz CT molecular complexity index is 314. The molecular formula is C9H13ClN2O2. The highest BCUT2D eigenvalue weighted by Crippen LogP contribution is 2.31. The fourth-order valence-electron chi connectivity index (χ4n) is 1.61. The summed E-state index contributed by atoms with van der Waals surface area (Å²) in [6.45, 7) is 4.60. The van der Waals surface area contributed by atoms with Crippen molar-refractivity contribution in [2.45, 2.75) is 37.7 Å². The maximum atomic E-state index is 5.83. The van der Waals surface area contributed by atoms with Crippen molar-refractivity contribution in [3.8, 4) is 0 Å². The van der Waals surface area contributed by atoms with E-state index in [9.17, 15) is 0 Å². The molecular weight excluding hydrogens is 204 g/mol. The van der Waals surface area contributed by atoms with E-state index in [1.54, 1.807) is 0 Å². The van der Waals surface area contributed by atoms with Gasteiger partial charge in [-0.05, 0) is 20.3 Å². The third-order valence-electron chi connectivity index (χ3n) is 2.49. The quantitative estimate of drug-likeness (QED) is 0.712. The van der Waals surface area contributed by atoms with E-state index in [0.717, 1.165) is 13.0 Å². The summed E-state index contributed by atoms with van der Waals surface area (Å²) in [5.74, 6) is 1.37. The van der Waals surface area contributed by atoms with Crippen molar-refractivity contribution in [1.29, 1.82) is 0 Å². The lowest BCUT2D eigenvalue weighted by Gasteiger charge is -2.08. The highest BCUT2D eigenvalue weighted by molar-refractivity contribution is 6.20. The molecule has 0 radical (unpaired) electrons. The van der Waals surface area contributed by atoms with Crippen molar-refractivity contribution in [3.05, 3.63) is 11.8 Å². The molecule has 1 saturated heterocycles. The minimum atomic E-state index is -0.228. The molecule has 1 fully saturated rings. The zero-order chi connectivity index (χ0) is 10.1. The molecule has 2 rings (SSSR count). The van der Waals surface area contributed by atoms with E-state index >= 15 is 0 Å². The summed E-state index contributed by atoms with van der Waals surface area (Å²) < 4.78 is 10.9. The molecule has 0 aromatic carbocycles. The smallest absolute Gasteiger partial charge is 0.234 e. The highest BCUT2D eigenvalue weighted by Gasteiger charge is 2.30. The van der Waals surface area contributed by atoms with E-state index in [1.165, 1.54) is 0 Å². The molecule has 1 aromatic heterocycles. The van der Waals surface area contributed by atoms with Crippen LogP contribution in [-0.2, 0) is 4.74 Å². The van der Waals surface area contributed by atoms with Crippen LogP contribution in [0.5, 0.6) is 0 Å². The Hall–Kier alpha value is -0.610. The standard InChI is InChI=1S/C9H13ClN2O2/c1-5(10)8-11-12-9(14-8)7-3-4-13-6(7)2/h5-7H,3-4H2,1-2H3. The number of aromatic nitrogens is 2. The molecule has 0 amide bonds. The summed E-state index contributed by atoms with van der Waals surface area (Å²) in [6, 6.07) is 0. The molecule has 3 atom stereocenters. The number of ether oxygens (including phenoxy) is 1. The number of alkyl halides is 1. The van der Waals surface area contributed by atoms with E-state index in [-0.39, 0.29) is 17.4 Å². The Kier molecular flexibility index (Phi) is 2.74.